The fraction of sp³-hybridized carbons (Fsp3) is 0. The number of benzene rings is 9. The summed E-state index contributed by atoms with van der Waals surface area (Å²) in [6, 6.07) is 66.7. The van der Waals surface area contributed by atoms with Crippen molar-refractivity contribution in [2.45, 2.75) is 0 Å². The second-order valence-corrected chi connectivity index (χ2v) is 14.5. The Labute approximate surface area is 325 Å². The van der Waals surface area contributed by atoms with Gasteiger partial charge in [0.05, 0.1) is 0 Å². The van der Waals surface area contributed by atoms with Gasteiger partial charge >= 0.3 is 0 Å². The Kier molecular flexibility index (Phi) is 7.53. The summed E-state index contributed by atoms with van der Waals surface area (Å²) in [6.07, 6.45) is 7.63. The van der Waals surface area contributed by atoms with Gasteiger partial charge < -0.3 is 0 Å². The second kappa shape index (κ2) is 13.2. The van der Waals surface area contributed by atoms with E-state index in [9.17, 15) is 0 Å². The van der Waals surface area contributed by atoms with Crippen LogP contribution in [0.2, 0.25) is 0 Å². The number of rotatable bonds is 5. The molecule has 0 radical (unpaired) electrons. The highest BCUT2D eigenvalue weighted by atomic mass is 14.6. The van der Waals surface area contributed by atoms with Gasteiger partial charge in [-0.1, -0.05) is 133 Å². The van der Waals surface area contributed by atoms with Crippen molar-refractivity contribution < 1.29 is 0 Å². The van der Waals surface area contributed by atoms with Crippen LogP contribution in [0.3, 0.4) is 0 Å². The molecule has 0 N–H and O–H groups in total. The summed E-state index contributed by atoms with van der Waals surface area (Å²) >= 11 is 0. The maximum atomic E-state index is 4.45. The quantitative estimate of drug-likeness (QED) is 0.131. The molecule has 56 heavy (non-hydrogen) atoms. The molecule has 0 bridgehead atoms. The molecule has 2 heteroatoms. The zero-order valence-electron chi connectivity index (χ0n) is 30.5. The minimum Gasteiger partial charge on any atom is -0.265 e. The first-order valence-corrected chi connectivity index (χ1v) is 19.1. The second-order valence-electron chi connectivity index (χ2n) is 14.5. The summed E-state index contributed by atoms with van der Waals surface area (Å²) < 4.78 is 0. The van der Waals surface area contributed by atoms with E-state index in [2.05, 4.69) is 192 Å². The van der Waals surface area contributed by atoms with Gasteiger partial charge in [0.2, 0.25) is 0 Å². The first kappa shape index (κ1) is 32.0. The summed E-state index contributed by atoms with van der Waals surface area (Å²) in [6.45, 7) is 0. The number of nitrogens with zero attached hydrogens (tertiary/aromatic N) is 2. The molecule has 0 aliphatic rings. The average Bonchev–Trinajstić information content (AvgIpc) is 3.28. The molecule has 0 aliphatic carbocycles. The van der Waals surface area contributed by atoms with E-state index in [0.717, 1.165) is 11.1 Å². The Balaban J connectivity index is 1.37. The van der Waals surface area contributed by atoms with Crippen LogP contribution >= 0.6 is 0 Å². The van der Waals surface area contributed by atoms with Crippen molar-refractivity contribution in [3.8, 4) is 55.6 Å². The monoisotopic (exact) mass is 710 g/mol. The SMILES string of the molecule is c1ccc(-c2ccc3c(-c4ccncc4)c4cc5c(-c6ccccc6)c(-c6ccc7ccccc7c6)c6ccccc6c5cc4c(-c4ccncc4)c3c2)cc1. The number of fused-ring (bicyclic) bond motifs is 6. The van der Waals surface area contributed by atoms with E-state index in [4.69, 9.17) is 0 Å². The van der Waals surface area contributed by atoms with Crippen LogP contribution in [0.1, 0.15) is 0 Å². The number of pyridine rings is 2. The highest BCUT2D eigenvalue weighted by Gasteiger charge is 2.23. The minimum atomic E-state index is 1.14. The van der Waals surface area contributed by atoms with Crippen molar-refractivity contribution in [3.63, 3.8) is 0 Å². The summed E-state index contributed by atoms with van der Waals surface area (Å²) in [7, 11) is 0. The molecule has 0 fully saturated rings. The smallest absolute Gasteiger partial charge is 0.0273 e. The topological polar surface area (TPSA) is 25.8 Å². The van der Waals surface area contributed by atoms with Crippen LogP contribution in [0.15, 0.2) is 207 Å². The van der Waals surface area contributed by atoms with E-state index >= 15 is 0 Å². The van der Waals surface area contributed by atoms with E-state index in [0.29, 0.717) is 0 Å². The lowest BCUT2D eigenvalue weighted by atomic mass is 9.80. The lowest BCUT2D eigenvalue weighted by Crippen LogP contribution is -1.95. The Hall–Kier alpha value is -7.42. The van der Waals surface area contributed by atoms with Gasteiger partial charge in [-0.2, -0.15) is 0 Å². The van der Waals surface area contributed by atoms with Crippen molar-refractivity contribution in [3.05, 3.63) is 207 Å². The minimum absolute atomic E-state index is 1.14. The molecule has 9 aromatic carbocycles. The van der Waals surface area contributed by atoms with Gasteiger partial charge in [-0.3, -0.25) is 9.97 Å². The lowest BCUT2D eigenvalue weighted by Gasteiger charge is -2.22. The third-order valence-corrected chi connectivity index (χ3v) is 11.4. The van der Waals surface area contributed by atoms with E-state index in [1.165, 1.54) is 98.4 Å². The molecule has 0 atom stereocenters. The molecular weight excluding hydrogens is 677 g/mol. The van der Waals surface area contributed by atoms with Crippen LogP contribution in [0.5, 0.6) is 0 Å². The zero-order valence-corrected chi connectivity index (χ0v) is 30.5. The molecular formula is C54H34N2. The van der Waals surface area contributed by atoms with Crippen LogP contribution in [0.25, 0.3) is 109 Å². The molecule has 2 nitrogen and oxygen atoms in total. The summed E-state index contributed by atoms with van der Waals surface area (Å²) in [5.74, 6) is 0. The van der Waals surface area contributed by atoms with Gasteiger partial charge in [-0.15, -0.1) is 0 Å². The molecule has 260 valence electrons. The number of aromatic nitrogens is 2. The van der Waals surface area contributed by atoms with Gasteiger partial charge in [0.25, 0.3) is 0 Å². The number of hydrogen-bond acceptors (Lipinski definition) is 2. The van der Waals surface area contributed by atoms with Crippen molar-refractivity contribution in [1.82, 2.24) is 9.97 Å². The maximum Gasteiger partial charge on any atom is 0.0273 e. The van der Waals surface area contributed by atoms with Crippen LogP contribution in [-0.2, 0) is 0 Å². The fourth-order valence-electron chi connectivity index (χ4n) is 8.93. The summed E-state index contributed by atoms with van der Waals surface area (Å²) in [4.78, 5) is 8.90. The molecule has 2 aromatic heterocycles. The molecule has 0 aliphatic heterocycles. The van der Waals surface area contributed by atoms with E-state index in [1.807, 2.05) is 24.8 Å². The van der Waals surface area contributed by atoms with Crippen molar-refractivity contribution in [2.24, 2.45) is 0 Å². The highest BCUT2D eigenvalue weighted by molar-refractivity contribution is 6.29. The van der Waals surface area contributed by atoms with E-state index < -0.39 is 0 Å². The third kappa shape index (κ3) is 5.19. The highest BCUT2D eigenvalue weighted by Crippen LogP contribution is 2.50. The average molecular weight is 711 g/mol. The van der Waals surface area contributed by atoms with E-state index in [1.54, 1.807) is 0 Å². The van der Waals surface area contributed by atoms with Crippen LogP contribution in [-0.4, -0.2) is 9.97 Å². The number of hydrogen-bond donors (Lipinski definition) is 0. The Morgan fingerprint density at radius 2 is 0.679 bits per heavy atom. The first-order valence-electron chi connectivity index (χ1n) is 19.1. The largest absolute Gasteiger partial charge is 0.265 e. The van der Waals surface area contributed by atoms with Crippen LogP contribution in [0, 0.1) is 0 Å². The lowest BCUT2D eigenvalue weighted by molar-refractivity contribution is 1.33. The Morgan fingerprint density at radius 3 is 1.38 bits per heavy atom. The van der Waals surface area contributed by atoms with Gasteiger partial charge in [0.1, 0.15) is 0 Å². The fourth-order valence-corrected chi connectivity index (χ4v) is 8.93. The summed E-state index contributed by atoms with van der Waals surface area (Å²) in [5, 5.41) is 12.2. The van der Waals surface area contributed by atoms with Crippen LogP contribution < -0.4 is 0 Å². The maximum absolute atomic E-state index is 4.45. The molecule has 0 unspecified atom stereocenters. The van der Waals surface area contributed by atoms with E-state index in [-0.39, 0.29) is 0 Å². The standard InChI is InChI=1S/C54H34N2/c1-3-11-35(12-4-1)41-21-22-45-47(32-41)52(39-25-29-56-30-26-39)49-33-46-43-17-9-10-18-44(43)54(42-20-19-36-13-7-8-16-40(36)31-42)53(37-14-5-2-6-15-37)48(46)34-50(49)51(45)38-23-27-55-28-24-38/h1-34H. The van der Waals surface area contributed by atoms with Gasteiger partial charge in [0, 0.05) is 24.8 Å². The zero-order chi connectivity index (χ0) is 37.0. The van der Waals surface area contributed by atoms with Crippen molar-refractivity contribution in [1.29, 1.82) is 0 Å². The van der Waals surface area contributed by atoms with Gasteiger partial charge in [-0.25, -0.2) is 0 Å². The predicted molar refractivity (Wildman–Crippen MR) is 237 cm³/mol. The molecule has 0 spiro atoms. The molecule has 0 amide bonds. The van der Waals surface area contributed by atoms with Crippen molar-refractivity contribution in [2.75, 3.05) is 0 Å². The predicted octanol–water partition coefficient (Wildman–Crippen LogP) is 14.6. The first-order chi connectivity index (χ1) is 27.8. The van der Waals surface area contributed by atoms with Crippen LogP contribution in [0.4, 0.5) is 0 Å². The van der Waals surface area contributed by atoms with Gasteiger partial charge in [-0.05, 0) is 158 Å². The van der Waals surface area contributed by atoms with Gasteiger partial charge in [0.15, 0.2) is 0 Å². The third-order valence-electron chi connectivity index (χ3n) is 11.4. The molecule has 0 saturated heterocycles. The molecule has 11 aromatic rings. The van der Waals surface area contributed by atoms with Crippen molar-refractivity contribution >= 4 is 53.9 Å². The normalized spacial score (nSPS) is 11.6. The summed E-state index contributed by atoms with van der Waals surface area (Å²) in [5.41, 5.74) is 12.0. The molecule has 0 saturated carbocycles. The Bertz CT molecular complexity index is 3270. The molecule has 2 heterocycles. The Morgan fingerprint density at radius 1 is 0.214 bits per heavy atom. The molecule has 11 rings (SSSR count).